The Morgan fingerprint density at radius 3 is 2.74 bits per heavy atom. The van der Waals surface area contributed by atoms with E-state index in [0.29, 0.717) is 19.1 Å². The minimum absolute atomic E-state index is 0.0198. The number of carbonyl (C=O) groups is 1. The SMILES string of the molecule is CCCCCCCC(=O)OCCCCC1CCCO1. The molecule has 3 nitrogen and oxygen atoms in total. The molecule has 1 heterocycles. The highest BCUT2D eigenvalue weighted by atomic mass is 16.5. The van der Waals surface area contributed by atoms with Crippen molar-refractivity contribution in [2.24, 2.45) is 0 Å². The predicted molar refractivity (Wildman–Crippen MR) is 77.2 cm³/mol. The molecule has 112 valence electrons. The number of rotatable bonds is 11. The van der Waals surface area contributed by atoms with Crippen LogP contribution >= 0.6 is 0 Å². The Bertz CT molecular complexity index is 222. The van der Waals surface area contributed by atoms with Gasteiger partial charge in [0.25, 0.3) is 0 Å². The zero-order valence-corrected chi connectivity index (χ0v) is 12.5. The maximum absolute atomic E-state index is 11.4. The molecular formula is C16H30O3. The molecular weight excluding hydrogens is 240 g/mol. The Morgan fingerprint density at radius 2 is 2.00 bits per heavy atom. The van der Waals surface area contributed by atoms with Gasteiger partial charge in [0.2, 0.25) is 0 Å². The van der Waals surface area contributed by atoms with Gasteiger partial charge in [0.15, 0.2) is 0 Å². The first-order chi connectivity index (χ1) is 9.33. The lowest BCUT2D eigenvalue weighted by molar-refractivity contribution is -0.143. The molecule has 1 aliphatic rings. The summed E-state index contributed by atoms with van der Waals surface area (Å²) in [5.41, 5.74) is 0. The largest absolute Gasteiger partial charge is 0.466 e. The van der Waals surface area contributed by atoms with E-state index >= 15 is 0 Å². The van der Waals surface area contributed by atoms with E-state index in [4.69, 9.17) is 9.47 Å². The van der Waals surface area contributed by atoms with Crippen molar-refractivity contribution < 1.29 is 14.3 Å². The van der Waals surface area contributed by atoms with E-state index in [9.17, 15) is 4.79 Å². The molecule has 0 aromatic carbocycles. The Morgan fingerprint density at radius 1 is 1.16 bits per heavy atom. The van der Waals surface area contributed by atoms with Crippen molar-refractivity contribution in [2.75, 3.05) is 13.2 Å². The monoisotopic (exact) mass is 270 g/mol. The Kier molecular flexibility index (Phi) is 9.78. The normalized spacial score (nSPS) is 18.7. The number of esters is 1. The molecule has 1 atom stereocenters. The van der Waals surface area contributed by atoms with Gasteiger partial charge in [-0.1, -0.05) is 32.6 Å². The summed E-state index contributed by atoms with van der Waals surface area (Å²) in [6.45, 7) is 3.71. The molecule has 0 radical (unpaired) electrons. The standard InChI is InChI=1S/C16H30O3/c1-2-3-4-5-6-12-16(17)19-13-8-7-10-15-11-9-14-18-15/h15H,2-14H2,1H3. The molecule has 3 heteroatoms. The molecule has 0 bridgehead atoms. The molecule has 1 aliphatic heterocycles. The minimum atomic E-state index is -0.0198. The van der Waals surface area contributed by atoms with Crippen LogP contribution in [0.15, 0.2) is 0 Å². The molecule has 0 spiro atoms. The first kappa shape index (κ1) is 16.5. The van der Waals surface area contributed by atoms with E-state index in [2.05, 4.69) is 6.92 Å². The van der Waals surface area contributed by atoms with Gasteiger partial charge >= 0.3 is 5.97 Å². The zero-order valence-electron chi connectivity index (χ0n) is 12.5. The van der Waals surface area contributed by atoms with Crippen molar-refractivity contribution in [3.05, 3.63) is 0 Å². The van der Waals surface area contributed by atoms with Crippen LogP contribution in [-0.2, 0) is 14.3 Å². The number of carbonyl (C=O) groups excluding carboxylic acids is 1. The van der Waals surface area contributed by atoms with E-state index in [1.165, 1.54) is 32.1 Å². The quantitative estimate of drug-likeness (QED) is 0.416. The van der Waals surface area contributed by atoms with Crippen LogP contribution in [0, 0.1) is 0 Å². The first-order valence-corrected chi connectivity index (χ1v) is 8.10. The molecule has 0 aliphatic carbocycles. The van der Waals surface area contributed by atoms with Gasteiger partial charge < -0.3 is 9.47 Å². The highest BCUT2D eigenvalue weighted by Gasteiger charge is 2.14. The van der Waals surface area contributed by atoms with E-state index < -0.39 is 0 Å². The molecule has 0 N–H and O–H groups in total. The van der Waals surface area contributed by atoms with E-state index in [1.54, 1.807) is 0 Å². The van der Waals surface area contributed by atoms with Crippen LogP contribution in [0.1, 0.15) is 77.6 Å². The number of ether oxygens (including phenoxy) is 2. The van der Waals surface area contributed by atoms with Crippen molar-refractivity contribution in [3.63, 3.8) is 0 Å². The molecule has 0 amide bonds. The Labute approximate surface area is 118 Å². The lowest BCUT2D eigenvalue weighted by Gasteiger charge is -2.09. The van der Waals surface area contributed by atoms with Crippen LogP contribution in [0.5, 0.6) is 0 Å². The molecule has 1 saturated heterocycles. The second-order valence-corrected chi connectivity index (χ2v) is 5.52. The molecule has 1 unspecified atom stereocenters. The van der Waals surface area contributed by atoms with Gasteiger partial charge in [0.05, 0.1) is 12.7 Å². The fourth-order valence-corrected chi connectivity index (χ4v) is 2.48. The summed E-state index contributed by atoms with van der Waals surface area (Å²) >= 11 is 0. The smallest absolute Gasteiger partial charge is 0.305 e. The van der Waals surface area contributed by atoms with Gasteiger partial charge in [-0.3, -0.25) is 4.79 Å². The number of unbranched alkanes of at least 4 members (excludes halogenated alkanes) is 5. The summed E-state index contributed by atoms with van der Waals surface area (Å²) in [5, 5.41) is 0. The fraction of sp³-hybridized carbons (Fsp3) is 0.938. The van der Waals surface area contributed by atoms with Gasteiger partial charge in [-0.15, -0.1) is 0 Å². The van der Waals surface area contributed by atoms with Gasteiger partial charge in [-0.25, -0.2) is 0 Å². The number of hydrogen-bond acceptors (Lipinski definition) is 3. The zero-order chi connectivity index (χ0) is 13.8. The maximum Gasteiger partial charge on any atom is 0.305 e. The Balaban J connectivity index is 1.81. The highest BCUT2D eigenvalue weighted by molar-refractivity contribution is 5.69. The lowest BCUT2D eigenvalue weighted by Crippen LogP contribution is -2.08. The molecule has 0 saturated carbocycles. The first-order valence-electron chi connectivity index (χ1n) is 8.10. The van der Waals surface area contributed by atoms with Crippen LogP contribution in [0.4, 0.5) is 0 Å². The van der Waals surface area contributed by atoms with Gasteiger partial charge in [-0.05, 0) is 38.5 Å². The van der Waals surface area contributed by atoms with Crippen molar-refractivity contribution in [1.29, 1.82) is 0 Å². The van der Waals surface area contributed by atoms with E-state index in [-0.39, 0.29) is 5.97 Å². The van der Waals surface area contributed by atoms with Gasteiger partial charge in [-0.2, -0.15) is 0 Å². The third kappa shape index (κ3) is 9.04. The summed E-state index contributed by atoms with van der Waals surface area (Å²) in [6.07, 6.45) is 12.6. The van der Waals surface area contributed by atoms with Crippen molar-refractivity contribution >= 4 is 5.97 Å². The van der Waals surface area contributed by atoms with Crippen molar-refractivity contribution in [3.8, 4) is 0 Å². The summed E-state index contributed by atoms with van der Waals surface area (Å²) in [7, 11) is 0. The Hall–Kier alpha value is -0.570. The third-order valence-electron chi connectivity index (χ3n) is 3.69. The second kappa shape index (κ2) is 11.3. The predicted octanol–water partition coefficient (Wildman–Crippen LogP) is 4.24. The third-order valence-corrected chi connectivity index (χ3v) is 3.69. The van der Waals surface area contributed by atoms with Crippen LogP contribution in [0.25, 0.3) is 0 Å². The minimum Gasteiger partial charge on any atom is -0.466 e. The summed E-state index contributed by atoms with van der Waals surface area (Å²) in [6, 6.07) is 0. The topological polar surface area (TPSA) is 35.5 Å². The molecule has 0 aromatic rings. The maximum atomic E-state index is 11.4. The van der Waals surface area contributed by atoms with E-state index in [1.807, 2.05) is 0 Å². The van der Waals surface area contributed by atoms with Gasteiger partial charge in [0, 0.05) is 13.0 Å². The fourth-order valence-electron chi connectivity index (χ4n) is 2.48. The average Bonchev–Trinajstić information content (AvgIpc) is 2.91. The summed E-state index contributed by atoms with van der Waals surface area (Å²) in [5.74, 6) is -0.0198. The number of hydrogen-bond donors (Lipinski definition) is 0. The molecule has 19 heavy (non-hydrogen) atoms. The molecule has 1 fully saturated rings. The summed E-state index contributed by atoms with van der Waals surface area (Å²) < 4.78 is 10.8. The van der Waals surface area contributed by atoms with Crippen LogP contribution in [0.2, 0.25) is 0 Å². The second-order valence-electron chi connectivity index (χ2n) is 5.52. The van der Waals surface area contributed by atoms with Gasteiger partial charge in [0.1, 0.15) is 0 Å². The lowest BCUT2D eigenvalue weighted by atomic mass is 10.1. The average molecular weight is 270 g/mol. The van der Waals surface area contributed by atoms with Crippen LogP contribution in [-0.4, -0.2) is 25.3 Å². The van der Waals surface area contributed by atoms with Crippen molar-refractivity contribution in [1.82, 2.24) is 0 Å². The van der Waals surface area contributed by atoms with Crippen LogP contribution < -0.4 is 0 Å². The highest BCUT2D eigenvalue weighted by Crippen LogP contribution is 2.17. The molecule has 1 rings (SSSR count). The summed E-state index contributed by atoms with van der Waals surface area (Å²) in [4.78, 5) is 11.4. The van der Waals surface area contributed by atoms with E-state index in [0.717, 1.165) is 38.7 Å². The van der Waals surface area contributed by atoms with Crippen molar-refractivity contribution in [2.45, 2.75) is 83.7 Å². The molecule has 0 aromatic heterocycles. The van der Waals surface area contributed by atoms with Crippen LogP contribution in [0.3, 0.4) is 0 Å².